The zero-order valence-electron chi connectivity index (χ0n) is 19.2. The fourth-order valence-corrected chi connectivity index (χ4v) is 4.67. The third-order valence-corrected chi connectivity index (χ3v) is 6.49. The van der Waals surface area contributed by atoms with Crippen molar-refractivity contribution in [2.75, 3.05) is 26.2 Å². The summed E-state index contributed by atoms with van der Waals surface area (Å²) in [7, 11) is 0. The van der Waals surface area contributed by atoms with Crippen molar-refractivity contribution in [1.29, 1.82) is 0 Å². The van der Waals surface area contributed by atoms with E-state index in [-0.39, 0.29) is 11.8 Å². The zero-order valence-corrected chi connectivity index (χ0v) is 19.2. The van der Waals surface area contributed by atoms with Crippen molar-refractivity contribution in [2.24, 2.45) is 4.99 Å². The summed E-state index contributed by atoms with van der Waals surface area (Å²) in [5, 5.41) is 0. The van der Waals surface area contributed by atoms with Crippen molar-refractivity contribution < 1.29 is 9.53 Å². The molecule has 2 aliphatic rings. The number of hydrogen-bond acceptors (Lipinski definition) is 4. The van der Waals surface area contributed by atoms with Gasteiger partial charge in [-0.05, 0) is 43.2 Å². The van der Waals surface area contributed by atoms with Crippen molar-refractivity contribution in [3.05, 3.63) is 89.5 Å². The van der Waals surface area contributed by atoms with E-state index < -0.39 is 0 Å². The first-order chi connectivity index (χ1) is 16.1. The van der Waals surface area contributed by atoms with E-state index in [4.69, 9.17) is 9.73 Å². The Morgan fingerprint density at radius 1 is 0.939 bits per heavy atom. The maximum atomic E-state index is 13.3. The van der Waals surface area contributed by atoms with Crippen LogP contribution in [-0.4, -0.2) is 47.7 Å². The Balaban J connectivity index is 1.39. The zero-order chi connectivity index (χ0) is 22.8. The molecule has 0 bridgehead atoms. The number of amides is 1. The number of nitrogens with zero attached hydrogens (tertiary/aromatic N) is 3. The Bertz CT molecular complexity index is 1180. The number of hydrogen-bond donors (Lipinski definition) is 0. The molecule has 0 radical (unpaired) electrons. The minimum absolute atomic E-state index is 0.0865. The highest BCUT2D eigenvalue weighted by Gasteiger charge is 2.30. The van der Waals surface area contributed by atoms with Crippen molar-refractivity contribution in [1.82, 2.24) is 9.80 Å². The van der Waals surface area contributed by atoms with E-state index in [0.717, 1.165) is 53.7 Å². The van der Waals surface area contributed by atoms with Crippen LogP contribution in [0.25, 0.3) is 0 Å². The van der Waals surface area contributed by atoms with Crippen LogP contribution in [0, 0.1) is 6.92 Å². The molecular weight excluding hydrogens is 410 g/mol. The number of ether oxygens (including phenoxy) is 1. The van der Waals surface area contributed by atoms with Gasteiger partial charge in [0.1, 0.15) is 17.3 Å². The molecule has 5 heteroatoms. The number of aryl methyl sites for hydroxylation is 1. The second kappa shape index (κ2) is 9.10. The maximum absolute atomic E-state index is 13.3. The van der Waals surface area contributed by atoms with Gasteiger partial charge in [-0.3, -0.25) is 4.79 Å². The normalized spacial score (nSPS) is 16.1. The van der Waals surface area contributed by atoms with Gasteiger partial charge in [0.05, 0.1) is 11.5 Å². The van der Waals surface area contributed by atoms with Gasteiger partial charge in [0.25, 0.3) is 0 Å². The average molecular weight is 440 g/mol. The second-order valence-corrected chi connectivity index (χ2v) is 8.69. The molecule has 1 fully saturated rings. The number of piperazine rings is 1. The molecule has 2 aliphatic heterocycles. The average Bonchev–Trinajstić information content (AvgIpc) is 3.02. The van der Waals surface area contributed by atoms with E-state index in [1.54, 1.807) is 0 Å². The van der Waals surface area contributed by atoms with Crippen LogP contribution in [0.5, 0.6) is 11.5 Å². The summed E-state index contributed by atoms with van der Waals surface area (Å²) in [6.07, 6.45) is 0.802. The lowest BCUT2D eigenvalue weighted by Gasteiger charge is -2.38. The van der Waals surface area contributed by atoms with Crippen molar-refractivity contribution in [3.63, 3.8) is 0 Å². The smallest absolute Gasteiger partial charge is 0.230 e. The molecule has 5 rings (SSSR count). The SMILES string of the molecule is CCC(C(=O)N1CCN(C2=Nc3ccccc3Oc3ccc(C)cc32)CC1)c1ccccc1. The monoisotopic (exact) mass is 439 g/mol. The first-order valence-corrected chi connectivity index (χ1v) is 11.7. The molecule has 0 aliphatic carbocycles. The van der Waals surface area contributed by atoms with E-state index in [1.807, 2.05) is 53.4 Å². The van der Waals surface area contributed by atoms with Crippen LogP contribution >= 0.6 is 0 Å². The quantitative estimate of drug-likeness (QED) is 0.540. The Morgan fingerprint density at radius 3 is 2.42 bits per heavy atom. The molecule has 1 atom stereocenters. The number of aliphatic imine (C=N–C) groups is 1. The molecule has 0 aromatic heterocycles. The van der Waals surface area contributed by atoms with E-state index in [9.17, 15) is 4.79 Å². The standard InChI is InChI=1S/C28H29N3O2/c1-3-22(21-9-5-4-6-10-21)28(32)31-17-15-30(16-18-31)27-23-19-20(2)13-14-25(23)33-26-12-8-7-11-24(26)29-27/h4-14,19,22H,3,15-18H2,1-2H3. The Labute approximate surface area is 195 Å². The van der Waals surface area contributed by atoms with Gasteiger partial charge in [-0.25, -0.2) is 4.99 Å². The molecule has 168 valence electrons. The van der Waals surface area contributed by atoms with Crippen molar-refractivity contribution in [2.45, 2.75) is 26.2 Å². The van der Waals surface area contributed by atoms with Gasteiger partial charge < -0.3 is 14.5 Å². The summed E-state index contributed by atoms with van der Waals surface area (Å²) in [6.45, 7) is 7.02. The topological polar surface area (TPSA) is 45.1 Å². The van der Waals surface area contributed by atoms with E-state index >= 15 is 0 Å². The number of para-hydroxylation sites is 2. The molecule has 3 aromatic carbocycles. The first kappa shape index (κ1) is 21.3. The van der Waals surface area contributed by atoms with Gasteiger partial charge >= 0.3 is 0 Å². The summed E-state index contributed by atoms with van der Waals surface area (Å²) in [4.78, 5) is 22.7. The van der Waals surface area contributed by atoms with Crippen LogP contribution in [0.3, 0.4) is 0 Å². The minimum atomic E-state index is -0.0865. The third-order valence-electron chi connectivity index (χ3n) is 6.49. The molecule has 5 nitrogen and oxygen atoms in total. The summed E-state index contributed by atoms with van der Waals surface area (Å²) < 4.78 is 6.23. The van der Waals surface area contributed by atoms with Crippen molar-refractivity contribution in [3.8, 4) is 11.5 Å². The second-order valence-electron chi connectivity index (χ2n) is 8.69. The van der Waals surface area contributed by atoms with Gasteiger partial charge in [-0.2, -0.15) is 0 Å². The molecule has 1 amide bonds. The lowest BCUT2D eigenvalue weighted by atomic mass is 9.94. The minimum Gasteiger partial charge on any atom is -0.454 e. The Kier molecular flexibility index (Phi) is 5.86. The highest BCUT2D eigenvalue weighted by atomic mass is 16.5. The molecule has 1 unspecified atom stereocenters. The largest absolute Gasteiger partial charge is 0.454 e. The Morgan fingerprint density at radius 2 is 1.67 bits per heavy atom. The van der Waals surface area contributed by atoms with Gasteiger partial charge in [0.15, 0.2) is 5.75 Å². The summed E-state index contributed by atoms with van der Waals surface area (Å²) in [5.74, 6) is 2.63. The predicted molar refractivity (Wildman–Crippen MR) is 132 cm³/mol. The Hall–Kier alpha value is -3.60. The van der Waals surface area contributed by atoms with Crippen LogP contribution in [-0.2, 0) is 4.79 Å². The first-order valence-electron chi connectivity index (χ1n) is 11.7. The highest BCUT2D eigenvalue weighted by Crippen LogP contribution is 2.38. The van der Waals surface area contributed by atoms with Gasteiger partial charge in [-0.15, -0.1) is 0 Å². The van der Waals surface area contributed by atoms with Crippen LogP contribution in [0.4, 0.5) is 5.69 Å². The molecule has 0 spiro atoms. The molecule has 0 N–H and O–H groups in total. The molecule has 0 saturated carbocycles. The predicted octanol–water partition coefficient (Wildman–Crippen LogP) is 5.52. The molecule has 2 heterocycles. The number of carbonyl (C=O) groups is 1. The van der Waals surface area contributed by atoms with Crippen LogP contribution in [0.2, 0.25) is 0 Å². The molecule has 3 aromatic rings. The molecular formula is C28H29N3O2. The fourth-order valence-electron chi connectivity index (χ4n) is 4.67. The van der Waals surface area contributed by atoms with Crippen LogP contribution in [0.1, 0.15) is 36.0 Å². The summed E-state index contributed by atoms with van der Waals surface area (Å²) >= 11 is 0. The number of rotatable bonds is 3. The van der Waals surface area contributed by atoms with E-state index in [2.05, 4.69) is 43.0 Å². The van der Waals surface area contributed by atoms with E-state index in [1.165, 1.54) is 5.56 Å². The number of benzene rings is 3. The summed E-state index contributed by atoms with van der Waals surface area (Å²) in [5.41, 5.74) is 4.09. The number of amidine groups is 1. The fraction of sp³-hybridized carbons (Fsp3) is 0.286. The molecule has 33 heavy (non-hydrogen) atoms. The van der Waals surface area contributed by atoms with Crippen LogP contribution in [0.15, 0.2) is 77.8 Å². The van der Waals surface area contributed by atoms with Crippen molar-refractivity contribution >= 4 is 17.4 Å². The third kappa shape index (κ3) is 4.23. The molecule has 1 saturated heterocycles. The lowest BCUT2D eigenvalue weighted by Crippen LogP contribution is -2.51. The number of fused-ring (bicyclic) bond motifs is 2. The highest BCUT2D eigenvalue weighted by molar-refractivity contribution is 6.04. The summed E-state index contributed by atoms with van der Waals surface area (Å²) in [6, 6.07) is 24.2. The lowest BCUT2D eigenvalue weighted by molar-refractivity contribution is -0.134. The van der Waals surface area contributed by atoms with Gasteiger partial charge in [-0.1, -0.05) is 61.0 Å². The van der Waals surface area contributed by atoms with Crippen LogP contribution < -0.4 is 4.74 Å². The van der Waals surface area contributed by atoms with Gasteiger partial charge in [0.2, 0.25) is 5.91 Å². The number of carbonyl (C=O) groups excluding carboxylic acids is 1. The van der Waals surface area contributed by atoms with Gasteiger partial charge in [0, 0.05) is 26.2 Å². The van der Waals surface area contributed by atoms with E-state index in [0.29, 0.717) is 13.1 Å². The maximum Gasteiger partial charge on any atom is 0.230 e.